The summed E-state index contributed by atoms with van der Waals surface area (Å²) in [7, 11) is 1.34. The van der Waals surface area contributed by atoms with Crippen LogP contribution in [0.3, 0.4) is 0 Å². The predicted octanol–water partition coefficient (Wildman–Crippen LogP) is 1.30. The molecule has 1 aromatic rings. The van der Waals surface area contributed by atoms with Crippen LogP contribution in [0, 0.1) is 0 Å². The summed E-state index contributed by atoms with van der Waals surface area (Å²) in [6.45, 7) is 2.42. The number of carbonyl (C=O) groups is 1. The summed E-state index contributed by atoms with van der Waals surface area (Å²) in [5.41, 5.74) is 0.240. The standard InChI is InChI=1S/C14H20N4O2/c1-20-14(19)12-8-16-13(9-15-12)17-10-4-6-18-5-2-3-11(18)7-10/h8-11H,2-7H2,1H3,(H,16,17). The molecule has 2 aliphatic rings. The number of anilines is 1. The second kappa shape index (κ2) is 5.75. The fourth-order valence-corrected chi connectivity index (χ4v) is 3.18. The van der Waals surface area contributed by atoms with Crippen molar-refractivity contribution in [1.82, 2.24) is 14.9 Å². The van der Waals surface area contributed by atoms with E-state index in [-0.39, 0.29) is 5.69 Å². The molecular weight excluding hydrogens is 256 g/mol. The van der Waals surface area contributed by atoms with E-state index in [4.69, 9.17) is 0 Å². The summed E-state index contributed by atoms with van der Waals surface area (Å²) < 4.78 is 4.61. The number of carbonyl (C=O) groups excluding carboxylic acids is 1. The Bertz CT molecular complexity index is 477. The van der Waals surface area contributed by atoms with Gasteiger partial charge in [-0.25, -0.2) is 14.8 Å². The summed E-state index contributed by atoms with van der Waals surface area (Å²) in [6, 6.07) is 1.18. The van der Waals surface area contributed by atoms with Gasteiger partial charge in [-0.2, -0.15) is 0 Å². The summed E-state index contributed by atoms with van der Waals surface area (Å²) in [5.74, 6) is 0.275. The molecule has 2 fully saturated rings. The molecule has 1 aromatic heterocycles. The van der Waals surface area contributed by atoms with Crippen LogP contribution in [-0.4, -0.2) is 53.1 Å². The molecule has 0 aromatic carbocycles. The lowest BCUT2D eigenvalue weighted by Crippen LogP contribution is -2.42. The average molecular weight is 276 g/mol. The summed E-state index contributed by atoms with van der Waals surface area (Å²) >= 11 is 0. The van der Waals surface area contributed by atoms with Crippen molar-refractivity contribution in [3.63, 3.8) is 0 Å². The molecule has 3 heterocycles. The zero-order chi connectivity index (χ0) is 13.9. The Morgan fingerprint density at radius 2 is 2.25 bits per heavy atom. The normalized spacial score (nSPS) is 26.1. The van der Waals surface area contributed by atoms with Gasteiger partial charge in [0.1, 0.15) is 5.82 Å². The molecule has 108 valence electrons. The highest BCUT2D eigenvalue weighted by molar-refractivity contribution is 5.86. The van der Waals surface area contributed by atoms with Gasteiger partial charge in [-0.15, -0.1) is 0 Å². The van der Waals surface area contributed by atoms with Crippen LogP contribution in [0.15, 0.2) is 12.4 Å². The van der Waals surface area contributed by atoms with E-state index in [2.05, 4.69) is 24.9 Å². The van der Waals surface area contributed by atoms with Crippen molar-refractivity contribution in [2.45, 2.75) is 37.8 Å². The van der Waals surface area contributed by atoms with Crippen LogP contribution in [0.25, 0.3) is 0 Å². The highest BCUT2D eigenvalue weighted by Crippen LogP contribution is 2.28. The molecule has 2 unspecified atom stereocenters. The van der Waals surface area contributed by atoms with E-state index in [1.807, 2.05) is 0 Å². The lowest BCUT2D eigenvalue weighted by Gasteiger charge is -2.35. The number of ether oxygens (including phenoxy) is 1. The van der Waals surface area contributed by atoms with E-state index in [0.717, 1.165) is 24.8 Å². The van der Waals surface area contributed by atoms with Gasteiger partial charge >= 0.3 is 5.97 Å². The minimum absolute atomic E-state index is 0.240. The second-order valence-corrected chi connectivity index (χ2v) is 5.48. The quantitative estimate of drug-likeness (QED) is 0.839. The van der Waals surface area contributed by atoms with Crippen molar-refractivity contribution in [1.29, 1.82) is 0 Å². The van der Waals surface area contributed by atoms with Crippen LogP contribution in [0.4, 0.5) is 5.82 Å². The van der Waals surface area contributed by atoms with Crippen LogP contribution in [-0.2, 0) is 4.74 Å². The number of piperidine rings is 1. The van der Waals surface area contributed by atoms with Gasteiger partial charge in [-0.05, 0) is 32.2 Å². The first kappa shape index (κ1) is 13.3. The maximum atomic E-state index is 11.3. The number of nitrogens with zero attached hydrogens (tertiary/aromatic N) is 3. The van der Waals surface area contributed by atoms with Crippen molar-refractivity contribution in [3.05, 3.63) is 18.1 Å². The van der Waals surface area contributed by atoms with Crippen molar-refractivity contribution in [3.8, 4) is 0 Å². The van der Waals surface area contributed by atoms with Gasteiger partial charge in [0, 0.05) is 18.6 Å². The van der Waals surface area contributed by atoms with Crippen molar-refractivity contribution >= 4 is 11.8 Å². The third-order valence-corrected chi connectivity index (χ3v) is 4.22. The maximum Gasteiger partial charge on any atom is 0.358 e. The second-order valence-electron chi connectivity index (χ2n) is 5.48. The van der Waals surface area contributed by atoms with E-state index < -0.39 is 5.97 Å². The molecule has 3 rings (SSSR count). The van der Waals surface area contributed by atoms with E-state index >= 15 is 0 Å². The summed E-state index contributed by atoms with van der Waals surface area (Å²) in [4.78, 5) is 22.2. The number of hydrogen-bond acceptors (Lipinski definition) is 6. The topological polar surface area (TPSA) is 67.3 Å². The molecule has 2 aliphatic heterocycles. The highest BCUT2D eigenvalue weighted by atomic mass is 16.5. The fourth-order valence-electron chi connectivity index (χ4n) is 3.18. The number of methoxy groups -OCH3 is 1. The number of rotatable bonds is 3. The Morgan fingerprint density at radius 3 is 3.00 bits per heavy atom. The van der Waals surface area contributed by atoms with Crippen LogP contribution in [0.2, 0.25) is 0 Å². The number of aromatic nitrogens is 2. The Morgan fingerprint density at radius 1 is 1.35 bits per heavy atom. The van der Waals surface area contributed by atoms with Gasteiger partial charge in [0.15, 0.2) is 5.69 Å². The van der Waals surface area contributed by atoms with Gasteiger partial charge in [0.2, 0.25) is 0 Å². The molecule has 0 amide bonds. The largest absolute Gasteiger partial charge is 0.464 e. The molecule has 0 radical (unpaired) electrons. The molecule has 1 N–H and O–H groups in total. The van der Waals surface area contributed by atoms with Crippen molar-refractivity contribution in [2.75, 3.05) is 25.5 Å². The Labute approximate surface area is 118 Å². The number of hydrogen-bond donors (Lipinski definition) is 1. The van der Waals surface area contributed by atoms with E-state index in [9.17, 15) is 4.79 Å². The van der Waals surface area contributed by atoms with Crippen molar-refractivity contribution in [2.24, 2.45) is 0 Å². The van der Waals surface area contributed by atoms with Crippen molar-refractivity contribution < 1.29 is 9.53 Å². The summed E-state index contributed by atoms with van der Waals surface area (Å²) in [5, 5.41) is 3.43. The first-order valence-corrected chi connectivity index (χ1v) is 7.17. The van der Waals surface area contributed by atoms with Gasteiger partial charge in [0.05, 0.1) is 19.5 Å². The molecule has 20 heavy (non-hydrogen) atoms. The molecule has 0 spiro atoms. The number of fused-ring (bicyclic) bond motifs is 1. The zero-order valence-corrected chi connectivity index (χ0v) is 11.7. The van der Waals surface area contributed by atoms with Gasteiger partial charge in [-0.3, -0.25) is 0 Å². The van der Waals surface area contributed by atoms with Crippen LogP contribution in [0.1, 0.15) is 36.2 Å². The fraction of sp³-hybridized carbons (Fsp3) is 0.643. The molecule has 6 nitrogen and oxygen atoms in total. The molecule has 0 saturated carbocycles. The Kier molecular flexibility index (Phi) is 3.82. The minimum Gasteiger partial charge on any atom is -0.464 e. The van der Waals surface area contributed by atoms with E-state index in [1.165, 1.54) is 39.1 Å². The minimum atomic E-state index is -0.455. The van der Waals surface area contributed by atoms with Crippen LogP contribution >= 0.6 is 0 Å². The highest BCUT2D eigenvalue weighted by Gasteiger charge is 2.31. The zero-order valence-electron chi connectivity index (χ0n) is 11.7. The summed E-state index contributed by atoms with van der Waals surface area (Å²) in [6.07, 6.45) is 8.00. The van der Waals surface area contributed by atoms with Gasteiger partial charge in [-0.1, -0.05) is 0 Å². The average Bonchev–Trinajstić information content (AvgIpc) is 2.95. The number of nitrogens with one attached hydrogen (secondary N) is 1. The molecular formula is C14H20N4O2. The molecule has 2 atom stereocenters. The molecule has 6 heteroatoms. The Hall–Kier alpha value is -1.69. The first-order valence-electron chi connectivity index (χ1n) is 7.17. The Balaban J connectivity index is 1.59. The lowest BCUT2D eigenvalue weighted by atomic mass is 9.98. The van der Waals surface area contributed by atoms with Gasteiger partial charge in [0.25, 0.3) is 0 Å². The SMILES string of the molecule is COC(=O)c1cnc(NC2CCN3CCCC3C2)cn1. The number of esters is 1. The third kappa shape index (κ3) is 2.75. The van der Waals surface area contributed by atoms with E-state index in [0.29, 0.717) is 6.04 Å². The van der Waals surface area contributed by atoms with E-state index in [1.54, 1.807) is 6.20 Å². The maximum absolute atomic E-state index is 11.3. The first-order chi connectivity index (χ1) is 9.76. The third-order valence-electron chi connectivity index (χ3n) is 4.22. The molecule has 0 aliphatic carbocycles. The van der Waals surface area contributed by atoms with Crippen LogP contribution < -0.4 is 5.32 Å². The van der Waals surface area contributed by atoms with Crippen LogP contribution in [0.5, 0.6) is 0 Å². The lowest BCUT2D eigenvalue weighted by molar-refractivity contribution is 0.0593. The molecule has 0 bridgehead atoms. The van der Waals surface area contributed by atoms with Gasteiger partial charge < -0.3 is 15.0 Å². The predicted molar refractivity (Wildman–Crippen MR) is 74.6 cm³/mol. The monoisotopic (exact) mass is 276 g/mol. The smallest absolute Gasteiger partial charge is 0.358 e. The molecule has 2 saturated heterocycles.